The molecule has 0 aliphatic heterocycles. The highest BCUT2D eigenvalue weighted by Gasteiger charge is 2.14. The van der Waals surface area contributed by atoms with E-state index in [1.807, 2.05) is 23.1 Å². The molecule has 0 saturated heterocycles. The van der Waals surface area contributed by atoms with Gasteiger partial charge in [0.1, 0.15) is 11.6 Å². The molecule has 0 radical (unpaired) electrons. The summed E-state index contributed by atoms with van der Waals surface area (Å²) in [6.45, 7) is 0.500. The largest absolute Gasteiger partial charge is 0.497 e. The van der Waals surface area contributed by atoms with E-state index in [1.54, 1.807) is 50.1 Å². The Morgan fingerprint density at radius 2 is 1.77 bits per heavy atom. The fourth-order valence-electron chi connectivity index (χ4n) is 2.43. The lowest BCUT2D eigenvalue weighted by Crippen LogP contribution is -2.19. The van der Waals surface area contributed by atoms with Crippen LogP contribution in [0.5, 0.6) is 5.75 Å². The second-order valence-corrected chi connectivity index (χ2v) is 5.39. The van der Waals surface area contributed by atoms with Crippen LogP contribution in [0.4, 0.5) is 11.6 Å². The maximum atomic E-state index is 11.6. The van der Waals surface area contributed by atoms with Crippen molar-refractivity contribution in [2.45, 2.75) is 6.54 Å². The Labute approximate surface area is 151 Å². The van der Waals surface area contributed by atoms with Crippen molar-refractivity contribution in [1.82, 2.24) is 15.0 Å². The molecule has 26 heavy (non-hydrogen) atoms. The number of esters is 1. The van der Waals surface area contributed by atoms with Crippen LogP contribution in [-0.4, -0.2) is 35.1 Å². The van der Waals surface area contributed by atoms with Crippen LogP contribution >= 0.6 is 0 Å². The maximum absolute atomic E-state index is 11.6. The van der Waals surface area contributed by atoms with E-state index in [0.717, 1.165) is 5.56 Å². The molecule has 2 heterocycles. The quantitative estimate of drug-likeness (QED) is 0.632. The summed E-state index contributed by atoms with van der Waals surface area (Å²) in [4.78, 5) is 26.4. The number of anilines is 2. The smallest absolute Gasteiger partial charge is 0.337 e. The summed E-state index contributed by atoms with van der Waals surface area (Å²) in [7, 11) is 2.97. The number of hydrogen-bond acceptors (Lipinski definition) is 7. The molecule has 0 spiro atoms. The molecule has 0 amide bonds. The summed E-state index contributed by atoms with van der Waals surface area (Å²) in [6.07, 6.45) is 6.59. The minimum atomic E-state index is -0.364. The fraction of sp³-hybridized carbons (Fsp3) is 0.158. The van der Waals surface area contributed by atoms with Gasteiger partial charge in [0.05, 0.1) is 32.5 Å². The minimum Gasteiger partial charge on any atom is -0.497 e. The topological polar surface area (TPSA) is 77.4 Å². The average molecular weight is 350 g/mol. The molecule has 0 bridgehead atoms. The number of pyridine rings is 1. The Morgan fingerprint density at radius 3 is 2.42 bits per heavy atom. The number of aromatic nitrogens is 3. The molecule has 132 valence electrons. The molecule has 0 N–H and O–H groups in total. The van der Waals surface area contributed by atoms with Gasteiger partial charge in [-0.15, -0.1) is 0 Å². The van der Waals surface area contributed by atoms with Crippen molar-refractivity contribution < 1.29 is 14.3 Å². The monoisotopic (exact) mass is 350 g/mol. The van der Waals surface area contributed by atoms with Crippen LogP contribution in [0.3, 0.4) is 0 Å². The van der Waals surface area contributed by atoms with E-state index in [-0.39, 0.29) is 5.97 Å². The third-order valence-corrected chi connectivity index (χ3v) is 3.77. The van der Waals surface area contributed by atoms with Gasteiger partial charge in [-0.2, -0.15) is 0 Å². The van der Waals surface area contributed by atoms with Gasteiger partial charge in [-0.3, -0.25) is 4.98 Å². The first kappa shape index (κ1) is 17.3. The number of benzene rings is 1. The van der Waals surface area contributed by atoms with Gasteiger partial charge in [-0.1, -0.05) is 12.1 Å². The zero-order valence-electron chi connectivity index (χ0n) is 14.5. The predicted molar refractivity (Wildman–Crippen MR) is 96.4 cm³/mol. The van der Waals surface area contributed by atoms with Crippen LogP contribution in [0.1, 0.15) is 15.9 Å². The molecule has 7 nitrogen and oxygen atoms in total. The van der Waals surface area contributed by atoms with Gasteiger partial charge in [-0.05, 0) is 23.8 Å². The summed E-state index contributed by atoms with van der Waals surface area (Å²) in [5.74, 6) is 1.67. The predicted octanol–water partition coefficient (Wildman–Crippen LogP) is 3.01. The number of rotatable bonds is 6. The normalized spacial score (nSPS) is 10.2. The van der Waals surface area contributed by atoms with Crippen molar-refractivity contribution in [1.29, 1.82) is 0 Å². The van der Waals surface area contributed by atoms with Crippen molar-refractivity contribution in [3.05, 3.63) is 72.3 Å². The number of carbonyl (C=O) groups is 1. The van der Waals surface area contributed by atoms with Gasteiger partial charge in [0.15, 0.2) is 5.82 Å². The molecular formula is C19H18N4O3. The van der Waals surface area contributed by atoms with Gasteiger partial charge in [-0.25, -0.2) is 14.8 Å². The van der Waals surface area contributed by atoms with Crippen molar-refractivity contribution in [3.8, 4) is 5.75 Å². The van der Waals surface area contributed by atoms with E-state index in [4.69, 9.17) is 9.47 Å². The molecule has 7 heteroatoms. The zero-order valence-corrected chi connectivity index (χ0v) is 14.5. The Hall–Kier alpha value is -3.48. The molecule has 0 unspecified atom stereocenters. The first-order valence-corrected chi connectivity index (χ1v) is 7.92. The molecule has 0 fully saturated rings. The molecule has 3 rings (SSSR count). The third-order valence-electron chi connectivity index (χ3n) is 3.77. The average Bonchev–Trinajstić information content (AvgIpc) is 2.72. The van der Waals surface area contributed by atoms with Crippen molar-refractivity contribution >= 4 is 17.6 Å². The molecule has 2 aromatic heterocycles. The lowest BCUT2D eigenvalue weighted by molar-refractivity contribution is 0.0600. The number of ether oxygens (including phenoxy) is 2. The number of carbonyl (C=O) groups excluding carboxylic acids is 1. The first-order valence-electron chi connectivity index (χ1n) is 7.92. The Kier molecular flexibility index (Phi) is 5.38. The van der Waals surface area contributed by atoms with Crippen LogP contribution < -0.4 is 9.64 Å². The molecule has 1 aromatic carbocycles. The van der Waals surface area contributed by atoms with Crippen molar-refractivity contribution in [2.75, 3.05) is 19.1 Å². The van der Waals surface area contributed by atoms with E-state index in [0.29, 0.717) is 29.5 Å². The van der Waals surface area contributed by atoms with Crippen LogP contribution in [0.2, 0.25) is 0 Å². The maximum Gasteiger partial charge on any atom is 0.337 e. The van der Waals surface area contributed by atoms with Gasteiger partial charge in [0, 0.05) is 24.7 Å². The molecule has 0 saturated carbocycles. The van der Waals surface area contributed by atoms with E-state index >= 15 is 0 Å². The standard InChI is InChI=1S/C19H18N4O3/c1-25-16-7-8-21-17(11-16)23(18-12-20-9-10-22-18)13-14-3-5-15(6-4-14)19(24)26-2/h3-12H,13H2,1-2H3. The fourth-order valence-corrected chi connectivity index (χ4v) is 2.43. The molecule has 0 aliphatic carbocycles. The SMILES string of the molecule is COC(=O)c1ccc(CN(c2cnccn2)c2cc(OC)ccn2)cc1. The lowest BCUT2D eigenvalue weighted by Gasteiger charge is -2.23. The highest BCUT2D eigenvalue weighted by atomic mass is 16.5. The van der Waals surface area contributed by atoms with Gasteiger partial charge in [0.25, 0.3) is 0 Å². The Morgan fingerprint density at radius 1 is 1.00 bits per heavy atom. The van der Waals surface area contributed by atoms with Crippen LogP contribution in [-0.2, 0) is 11.3 Å². The first-order chi connectivity index (χ1) is 12.7. The summed E-state index contributed by atoms with van der Waals surface area (Å²) < 4.78 is 10.0. The van der Waals surface area contributed by atoms with Crippen LogP contribution in [0.25, 0.3) is 0 Å². The lowest BCUT2D eigenvalue weighted by atomic mass is 10.1. The molecule has 3 aromatic rings. The van der Waals surface area contributed by atoms with E-state index in [2.05, 4.69) is 15.0 Å². The van der Waals surface area contributed by atoms with E-state index in [1.165, 1.54) is 7.11 Å². The number of hydrogen-bond donors (Lipinski definition) is 0. The van der Waals surface area contributed by atoms with Gasteiger partial charge in [0.2, 0.25) is 0 Å². The molecule has 0 atom stereocenters. The van der Waals surface area contributed by atoms with Crippen LogP contribution in [0.15, 0.2) is 61.2 Å². The van der Waals surface area contributed by atoms with E-state index in [9.17, 15) is 4.79 Å². The summed E-state index contributed by atoms with van der Waals surface area (Å²) in [5, 5.41) is 0. The summed E-state index contributed by atoms with van der Waals surface area (Å²) in [5.41, 5.74) is 1.48. The van der Waals surface area contributed by atoms with Gasteiger partial charge < -0.3 is 14.4 Å². The highest BCUT2D eigenvalue weighted by Crippen LogP contribution is 2.26. The Balaban J connectivity index is 1.92. The Bertz CT molecular complexity index is 869. The van der Waals surface area contributed by atoms with Gasteiger partial charge >= 0.3 is 5.97 Å². The summed E-state index contributed by atoms with van der Waals surface area (Å²) in [6, 6.07) is 10.8. The highest BCUT2D eigenvalue weighted by molar-refractivity contribution is 5.89. The second kappa shape index (κ2) is 8.06. The summed E-state index contributed by atoms with van der Waals surface area (Å²) >= 11 is 0. The zero-order chi connectivity index (χ0) is 18.4. The molecular weight excluding hydrogens is 332 g/mol. The third kappa shape index (κ3) is 3.94. The second-order valence-electron chi connectivity index (χ2n) is 5.39. The number of methoxy groups -OCH3 is 2. The van der Waals surface area contributed by atoms with Crippen molar-refractivity contribution in [2.24, 2.45) is 0 Å². The number of nitrogens with zero attached hydrogens (tertiary/aromatic N) is 4. The van der Waals surface area contributed by atoms with Crippen molar-refractivity contribution in [3.63, 3.8) is 0 Å². The van der Waals surface area contributed by atoms with E-state index < -0.39 is 0 Å². The molecule has 0 aliphatic rings. The minimum absolute atomic E-state index is 0.364. The van der Waals surface area contributed by atoms with Crippen LogP contribution in [0, 0.1) is 0 Å².